The lowest BCUT2D eigenvalue weighted by Gasteiger charge is -2.35. The van der Waals surface area contributed by atoms with Gasteiger partial charge in [-0.2, -0.15) is 23.5 Å². The Balaban J connectivity index is 1.91. The molecule has 4 rings (SSSR count). The van der Waals surface area contributed by atoms with Crippen molar-refractivity contribution in [2.45, 2.75) is 19.0 Å². The maximum absolute atomic E-state index is 14.0. The first-order valence-electron chi connectivity index (χ1n) is 12.6. The molecule has 2 N–H and O–H groups in total. The zero-order valence-corrected chi connectivity index (χ0v) is 23.0. The number of methoxy groups -OCH3 is 2. The number of nitrogens with two attached hydrogens (primary N) is 1. The van der Waals surface area contributed by atoms with Crippen molar-refractivity contribution in [3.8, 4) is 11.8 Å². The first-order valence-corrected chi connectivity index (χ1v) is 12.6. The standard InChI is InChI=1S/C29H24F3N5O6/c1-4-43-26(38)20-15-35-37(24(20)29(30,31)32)18-12-10-17(11-13-18)36-23(28(40)42-3)22(27(39)41-2)21(19(14-33)25(36)34)16-8-6-5-7-9-16/h5-13,15,21H,4,34H2,1-3H3. The van der Waals surface area contributed by atoms with Crippen LogP contribution in [0.25, 0.3) is 5.69 Å². The minimum Gasteiger partial charge on any atom is -0.466 e. The predicted octanol–water partition coefficient (Wildman–Crippen LogP) is 3.97. The van der Waals surface area contributed by atoms with Gasteiger partial charge in [0, 0.05) is 5.69 Å². The first-order chi connectivity index (χ1) is 20.5. The number of allylic oxidation sites excluding steroid dienone is 1. The van der Waals surface area contributed by atoms with Crippen LogP contribution in [-0.2, 0) is 30.0 Å². The van der Waals surface area contributed by atoms with E-state index in [0.29, 0.717) is 10.2 Å². The van der Waals surface area contributed by atoms with Gasteiger partial charge in [-0.1, -0.05) is 30.3 Å². The second kappa shape index (κ2) is 12.1. The van der Waals surface area contributed by atoms with Gasteiger partial charge in [-0.15, -0.1) is 0 Å². The maximum Gasteiger partial charge on any atom is 0.434 e. The minimum absolute atomic E-state index is 0.0890. The number of hydrogen-bond donors (Lipinski definition) is 1. The molecule has 0 spiro atoms. The Kier molecular flexibility index (Phi) is 8.56. The number of carbonyl (C=O) groups excluding carboxylic acids is 3. The molecular formula is C29H24F3N5O6. The Morgan fingerprint density at radius 3 is 2.12 bits per heavy atom. The summed E-state index contributed by atoms with van der Waals surface area (Å²) in [6.45, 7) is 1.32. The summed E-state index contributed by atoms with van der Waals surface area (Å²) < 4.78 is 57.2. The summed E-state index contributed by atoms with van der Waals surface area (Å²) in [4.78, 5) is 39.6. The largest absolute Gasteiger partial charge is 0.466 e. The number of benzene rings is 2. The van der Waals surface area contributed by atoms with Crippen molar-refractivity contribution < 1.29 is 41.8 Å². The third-order valence-electron chi connectivity index (χ3n) is 6.50. The Morgan fingerprint density at radius 1 is 0.977 bits per heavy atom. The van der Waals surface area contributed by atoms with E-state index in [-0.39, 0.29) is 40.6 Å². The molecule has 0 bridgehead atoms. The molecule has 1 aliphatic rings. The van der Waals surface area contributed by atoms with Crippen LogP contribution in [-0.4, -0.2) is 48.5 Å². The van der Waals surface area contributed by atoms with E-state index >= 15 is 0 Å². The molecule has 0 saturated heterocycles. The van der Waals surface area contributed by atoms with Crippen LogP contribution in [0.1, 0.15) is 34.5 Å². The Labute approximate surface area is 243 Å². The molecule has 1 aromatic heterocycles. The molecule has 0 saturated carbocycles. The van der Waals surface area contributed by atoms with E-state index < -0.39 is 41.3 Å². The second-order valence-corrected chi connectivity index (χ2v) is 8.89. The van der Waals surface area contributed by atoms with Crippen molar-refractivity contribution in [2.75, 3.05) is 25.7 Å². The van der Waals surface area contributed by atoms with Crippen molar-refractivity contribution in [2.24, 2.45) is 5.73 Å². The smallest absolute Gasteiger partial charge is 0.434 e. The van der Waals surface area contributed by atoms with Gasteiger partial charge in [0.2, 0.25) is 0 Å². The van der Waals surface area contributed by atoms with Gasteiger partial charge in [0.15, 0.2) is 5.69 Å². The Bertz CT molecular complexity index is 1670. The number of anilines is 1. The van der Waals surface area contributed by atoms with Gasteiger partial charge >= 0.3 is 24.1 Å². The number of ether oxygens (including phenoxy) is 3. The van der Waals surface area contributed by atoms with Gasteiger partial charge in [-0.05, 0) is 36.8 Å². The second-order valence-electron chi connectivity index (χ2n) is 8.89. The van der Waals surface area contributed by atoms with E-state index in [1.807, 2.05) is 6.07 Å². The summed E-state index contributed by atoms with van der Waals surface area (Å²) in [5.41, 5.74) is 4.10. The van der Waals surface area contributed by atoms with E-state index in [0.717, 1.165) is 25.3 Å². The number of rotatable bonds is 7. The van der Waals surface area contributed by atoms with Crippen LogP contribution in [0.4, 0.5) is 18.9 Å². The van der Waals surface area contributed by atoms with Crippen molar-refractivity contribution in [3.63, 3.8) is 0 Å². The lowest BCUT2D eigenvalue weighted by atomic mass is 9.81. The SMILES string of the molecule is CCOC(=O)c1cnn(-c2ccc(N3C(N)=C(C#N)C(c4ccccc4)C(C(=O)OC)=C3C(=O)OC)cc2)c1C(F)(F)F. The number of hydrogen-bond acceptors (Lipinski definition) is 10. The van der Waals surface area contributed by atoms with Crippen molar-refractivity contribution in [1.29, 1.82) is 5.26 Å². The average Bonchev–Trinajstić information content (AvgIpc) is 3.47. The van der Waals surface area contributed by atoms with E-state index in [1.165, 1.54) is 31.2 Å². The fourth-order valence-electron chi connectivity index (χ4n) is 4.70. The molecule has 0 radical (unpaired) electrons. The van der Waals surface area contributed by atoms with Gasteiger partial charge in [-0.25, -0.2) is 19.1 Å². The van der Waals surface area contributed by atoms with E-state index in [9.17, 15) is 32.8 Å². The highest BCUT2D eigenvalue weighted by molar-refractivity contribution is 6.06. The molecule has 2 heterocycles. The number of nitrogens with zero attached hydrogens (tertiary/aromatic N) is 4. The van der Waals surface area contributed by atoms with Crippen LogP contribution in [0.2, 0.25) is 0 Å². The molecule has 0 fully saturated rings. The Morgan fingerprint density at radius 2 is 1.58 bits per heavy atom. The Hall–Kier alpha value is -5.58. The summed E-state index contributed by atoms with van der Waals surface area (Å²) >= 11 is 0. The number of esters is 3. The lowest BCUT2D eigenvalue weighted by Crippen LogP contribution is -2.40. The van der Waals surface area contributed by atoms with Crippen LogP contribution >= 0.6 is 0 Å². The number of halogens is 3. The highest BCUT2D eigenvalue weighted by Crippen LogP contribution is 2.43. The number of alkyl halides is 3. The average molecular weight is 596 g/mol. The maximum atomic E-state index is 14.0. The monoisotopic (exact) mass is 595 g/mol. The van der Waals surface area contributed by atoms with E-state index in [2.05, 4.69) is 5.10 Å². The molecule has 1 atom stereocenters. The molecule has 1 unspecified atom stereocenters. The summed E-state index contributed by atoms with van der Waals surface area (Å²) in [5.74, 6) is -4.44. The van der Waals surface area contributed by atoms with Crippen LogP contribution in [0, 0.1) is 11.3 Å². The highest BCUT2D eigenvalue weighted by atomic mass is 19.4. The molecule has 1 aliphatic heterocycles. The van der Waals surface area contributed by atoms with E-state index in [1.54, 1.807) is 30.3 Å². The normalized spacial score (nSPS) is 15.2. The molecule has 0 amide bonds. The number of aromatic nitrogens is 2. The van der Waals surface area contributed by atoms with Crippen LogP contribution in [0.5, 0.6) is 0 Å². The lowest BCUT2D eigenvalue weighted by molar-refractivity contribution is -0.143. The predicted molar refractivity (Wildman–Crippen MR) is 144 cm³/mol. The van der Waals surface area contributed by atoms with Gasteiger partial charge in [0.25, 0.3) is 0 Å². The number of carbonyl (C=O) groups is 3. The first kappa shape index (κ1) is 30.4. The van der Waals surface area contributed by atoms with Crippen molar-refractivity contribution >= 4 is 23.6 Å². The fraction of sp³-hybridized carbons (Fsp3) is 0.207. The van der Waals surface area contributed by atoms with Crippen LogP contribution < -0.4 is 10.6 Å². The van der Waals surface area contributed by atoms with Crippen molar-refractivity contribution in [3.05, 3.63) is 100 Å². The molecule has 222 valence electrons. The molecule has 2 aromatic carbocycles. The highest BCUT2D eigenvalue weighted by Gasteiger charge is 2.44. The molecule has 3 aromatic rings. The molecule has 0 aliphatic carbocycles. The summed E-state index contributed by atoms with van der Waals surface area (Å²) in [7, 11) is 2.19. The molecular weight excluding hydrogens is 571 g/mol. The number of nitriles is 1. The quantitative estimate of drug-likeness (QED) is 0.314. The minimum atomic E-state index is -4.97. The summed E-state index contributed by atoms with van der Waals surface area (Å²) in [6, 6.07) is 15.4. The molecule has 11 nitrogen and oxygen atoms in total. The van der Waals surface area contributed by atoms with Gasteiger partial charge in [0.1, 0.15) is 17.1 Å². The van der Waals surface area contributed by atoms with Crippen LogP contribution in [0.3, 0.4) is 0 Å². The van der Waals surface area contributed by atoms with E-state index in [4.69, 9.17) is 19.9 Å². The summed E-state index contributed by atoms with van der Waals surface area (Å²) in [5, 5.41) is 13.9. The van der Waals surface area contributed by atoms with Crippen LogP contribution in [0.15, 0.2) is 83.5 Å². The van der Waals surface area contributed by atoms with Gasteiger partial charge in [0.05, 0.1) is 55.8 Å². The summed E-state index contributed by atoms with van der Waals surface area (Å²) in [6.07, 6.45) is -4.22. The van der Waals surface area contributed by atoms with Crippen molar-refractivity contribution in [1.82, 2.24) is 9.78 Å². The third kappa shape index (κ3) is 5.52. The molecule has 43 heavy (non-hydrogen) atoms. The topological polar surface area (TPSA) is 150 Å². The zero-order valence-electron chi connectivity index (χ0n) is 23.0. The van der Waals surface area contributed by atoms with Gasteiger partial charge < -0.3 is 19.9 Å². The molecule has 14 heteroatoms. The van der Waals surface area contributed by atoms with Gasteiger partial charge in [-0.3, -0.25) is 4.90 Å². The fourth-order valence-corrected chi connectivity index (χ4v) is 4.70. The zero-order chi connectivity index (χ0) is 31.5. The third-order valence-corrected chi connectivity index (χ3v) is 6.50.